The number of carbonyl (C=O) groups excluding carboxylic acids is 2. The van der Waals surface area contributed by atoms with Crippen LogP contribution in [0.15, 0.2) is 29.6 Å². The summed E-state index contributed by atoms with van der Waals surface area (Å²) in [6.45, 7) is 4.39. The van der Waals surface area contributed by atoms with Crippen molar-refractivity contribution in [2.24, 2.45) is 5.92 Å². The lowest BCUT2D eigenvalue weighted by atomic mass is 10.1. The number of thiazole rings is 1. The normalized spacial score (nSPS) is 17.6. The summed E-state index contributed by atoms with van der Waals surface area (Å²) in [6, 6.07) is 7.94. The van der Waals surface area contributed by atoms with Gasteiger partial charge in [0.1, 0.15) is 0 Å². The fourth-order valence-electron chi connectivity index (χ4n) is 2.66. The van der Waals surface area contributed by atoms with Crippen molar-refractivity contribution >= 4 is 34.0 Å². The summed E-state index contributed by atoms with van der Waals surface area (Å²) < 4.78 is 0. The Kier molecular flexibility index (Phi) is 4.43. The maximum absolute atomic E-state index is 12.3. The highest BCUT2D eigenvalue weighted by Crippen LogP contribution is 2.27. The van der Waals surface area contributed by atoms with Crippen LogP contribution < -0.4 is 10.2 Å². The van der Waals surface area contributed by atoms with E-state index in [1.54, 1.807) is 4.90 Å². The van der Waals surface area contributed by atoms with E-state index in [2.05, 4.69) is 17.2 Å². The van der Waals surface area contributed by atoms with Gasteiger partial charge in [-0.15, -0.1) is 11.3 Å². The first kappa shape index (κ1) is 15.7. The van der Waals surface area contributed by atoms with Gasteiger partial charge in [0.25, 0.3) is 0 Å². The average molecular weight is 329 g/mol. The van der Waals surface area contributed by atoms with Crippen LogP contribution in [0.5, 0.6) is 0 Å². The smallest absolute Gasteiger partial charge is 0.231 e. The molecule has 0 aliphatic carbocycles. The summed E-state index contributed by atoms with van der Waals surface area (Å²) in [4.78, 5) is 30.5. The molecule has 2 amide bonds. The molecule has 0 spiro atoms. The van der Waals surface area contributed by atoms with E-state index in [-0.39, 0.29) is 24.2 Å². The zero-order valence-electron chi connectivity index (χ0n) is 13.2. The molecule has 1 aliphatic heterocycles. The zero-order chi connectivity index (χ0) is 16.4. The van der Waals surface area contributed by atoms with Crippen molar-refractivity contribution in [2.45, 2.75) is 26.7 Å². The molecule has 1 saturated heterocycles. The van der Waals surface area contributed by atoms with Gasteiger partial charge in [0.2, 0.25) is 11.8 Å². The second-order valence-corrected chi connectivity index (χ2v) is 6.57. The van der Waals surface area contributed by atoms with Crippen LogP contribution >= 0.6 is 11.3 Å². The van der Waals surface area contributed by atoms with E-state index in [9.17, 15) is 9.59 Å². The molecule has 1 aromatic heterocycles. The summed E-state index contributed by atoms with van der Waals surface area (Å²) >= 11 is 1.40. The minimum atomic E-state index is -0.336. The lowest BCUT2D eigenvalue weighted by Gasteiger charge is -2.17. The number of amides is 2. The highest BCUT2D eigenvalue weighted by atomic mass is 32.1. The van der Waals surface area contributed by atoms with Gasteiger partial charge in [-0.1, -0.05) is 19.1 Å². The molecule has 23 heavy (non-hydrogen) atoms. The topological polar surface area (TPSA) is 62.3 Å². The fourth-order valence-corrected chi connectivity index (χ4v) is 3.35. The Morgan fingerprint density at radius 1 is 1.39 bits per heavy atom. The Morgan fingerprint density at radius 2 is 2.13 bits per heavy atom. The molecule has 3 rings (SSSR count). The third kappa shape index (κ3) is 3.42. The quantitative estimate of drug-likeness (QED) is 0.938. The Bertz CT molecular complexity index is 724. The van der Waals surface area contributed by atoms with Crippen LogP contribution in [0.25, 0.3) is 0 Å². The molecule has 1 aromatic carbocycles. The van der Waals surface area contributed by atoms with Gasteiger partial charge in [0.15, 0.2) is 5.13 Å². The monoisotopic (exact) mass is 329 g/mol. The van der Waals surface area contributed by atoms with Crippen molar-refractivity contribution in [1.29, 1.82) is 0 Å². The Balaban J connectivity index is 1.67. The highest BCUT2D eigenvalue weighted by molar-refractivity contribution is 7.13. The summed E-state index contributed by atoms with van der Waals surface area (Å²) in [7, 11) is 0. The molecule has 0 saturated carbocycles. The Morgan fingerprint density at radius 3 is 2.74 bits per heavy atom. The summed E-state index contributed by atoms with van der Waals surface area (Å²) in [5, 5.41) is 5.28. The number of hydrogen-bond donors (Lipinski definition) is 1. The molecule has 2 aromatic rings. The van der Waals surface area contributed by atoms with Gasteiger partial charge < -0.3 is 10.2 Å². The standard InChI is InChI=1S/C17H19N3O2S/c1-3-12-4-6-14(7-5-12)20-9-13(8-15(20)21)16(22)19-17-18-11(2)10-23-17/h4-7,10,13H,3,8-9H2,1-2H3,(H,18,19,22). The van der Waals surface area contributed by atoms with E-state index in [4.69, 9.17) is 0 Å². The van der Waals surface area contributed by atoms with E-state index < -0.39 is 0 Å². The number of aryl methyl sites for hydroxylation is 2. The van der Waals surface area contributed by atoms with E-state index in [1.807, 2.05) is 36.6 Å². The Hall–Kier alpha value is -2.21. The fraction of sp³-hybridized carbons (Fsp3) is 0.353. The van der Waals surface area contributed by atoms with Crippen LogP contribution in [0.2, 0.25) is 0 Å². The third-order valence-electron chi connectivity index (χ3n) is 4.00. The van der Waals surface area contributed by atoms with Gasteiger partial charge in [-0.3, -0.25) is 9.59 Å². The van der Waals surface area contributed by atoms with Crippen LogP contribution in [-0.4, -0.2) is 23.3 Å². The van der Waals surface area contributed by atoms with Crippen LogP contribution in [0, 0.1) is 12.8 Å². The molecule has 1 aliphatic rings. The first-order valence-corrected chi connectivity index (χ1v) is 8.57. The van der Waals surface area contributed by atoms with Gasteiger partial charge in [0, 0.05) is 24.0 Å². The number of rotatable bonds is 4. The predicted molar refractivity (Wildman–Crippen MR) is 91.8 cm³/mol. The van der Waals surface area contributed by atoms with Crippen LogP contribution in [-0.2, 0) is 16.0 Å². The van der Waals surface area contributed by atoms with E-state index >= 15 is 0 Å². The van der Waals surface area contributed by atoms with Gasteiger partial charge in [0.05, 0.1) is 11.6 Å². The maximum Gasteiger partial charge on any atom is 0.231 e. The highest BCUT2D eigenvalue weighted by Gasteiger charge is 2.35. The third-order valence-corrected chi connectivity index (χ3v) is 4.88. The molecule has 1 unspecified atom stereocenters. The van der Waals surface area contributed by atoms with Gasteiger partial charge >= 0.3 is 0 Å². The molecule has 2 heterocycles. The SMILES string of the molecule is CCc1ccc(N2CC(C(=O)Nc3nc(C)cs3)CC2=O)cc1. The first-order chi connectivity index (χ1) is 11.1. The van der Waals surface area contributed by atoms with Gasteiger partial charge in [-0.2, -0.15) is 0 Å². The van der Waals surface area contributed by atoms with Crippen molar-refractivity contribution in [3.05, 3.63) is 40.9 Å². The van der Waals surface area contributed by atoms with Crippen LogP contribution in [0.3, 0.4) is 0 Å². The minimum absolute atomic E-state index is 0.00952. The number of carbonyl (C=O) groups is 2. The number of nitrogens with one attached hydrogen (secondary N) is 1. The van der Waals surface area contributed by atoms with Crippen molar-refractivity contribution in [3.63, 3.8) is 0 Å². The van der Waals surface area contributed by atoms with Gasteiger partial charge in [-0.25, -0.2) is 4.98 Å². The number of benzene rings is 1. The molecule has 0 bridgehead atoms. The summed E-state index contributed by atoms with van der Waals surface area (Å²) in [5.41, 5.74) is 2.96. The lowest BCUT2D eigenvalue weighted by molar-refractivity contribution is -0.122. The van der Waals surface area contributed by atoms with Crippen LogP contribution in [0.4, 0.5) is 10.8 Å². The molecule has 6 heteroatoms. The molecule has 0 radical (unpaired) electrons. The molecular formula is C17H19N3O2S. The van der Waals surface area contributed by atoms with Crippen molar-refractivity contribution in [2.75, 3.05) is 16.8 Å². The number of aromatic nitrogens is 1. The van der Waals surface area contributed by atoms with Crippen LogP contribution in [0.1, 0.15) is 24.6 Å². The van der Waals surface area contributed by atoms with Crippen molar-refractivity contribution in [1.82, 2.24) is 4.98 Å². The number of anilines is 2. The molecule has 120 valence electrons. The maximum atomic E-state index is 12.3. The molecule has 1 atom stereocenters. The molecular weight excluding hydrogens is 310 g/mol. The zero-order valence-corrected chi connectivity index (χ0v) is 14.0. The average Bonchev–Trinajstić information content (AvgIpc) is 3.13. The van der Waals surface area contributed by atoms with Gasteiger partial charge in [-0.05, 0) is 31.0 Å². The molecule has 1 fully saturated rings. The van der Waals surface area contributed by atoms with Crippen molar-refractivity contribution in [3.8, 4) is 0 Å². The number of hydrogen-bond acceptors (Lipinski definition) is 4. The molecule has 1 N–H and O–H groups in total. The predicted octanol–water partition coefficient (Wildman–Crippen LogP) is 3.01. The number of nitrogens with zero attached hydrogens (tertiary/aromatic N) is 2. The largest absolute Gasteiger partial charge is 0.312 e. The second kappa shape index (κ2) is 6.50. The molecule has 5 nitrogen and oxygen atoms in total. The minimum Gasteiger partial charge on any atom is -0.312 e. The summed E-state index contributed by atoms with van der Waals surface area (Å²) in [6.07, 6.45) is 1.21. The van der Waals surface area contributed by atoms with E-state index in [0.29, 0.717) is 11.7 Å². The van der Waals surface area contributed by atoms with E-state index in [0.717, 1.165) is 17.8 Å². The Labute approximate surface area is 139 Å². The van der Waals surface area contributed by atoms with E-state index in [1.165, 1.54) is 16.9 Å². The lowest BCUT2D eigenvalue weighted by Crippen LogP contribution is -2.28. The first-order valence-electron chi connectivity index (χ1n) is 7.69. The summed E-state index contributed by atoms with van der Waals surface area (Å²) in [5.74, 6) is -0.484. The van der Waals surface area contributed by atoms with Crippen molar-refractivity contribution < 1.29 is 9.59 Å². The second-order valence-electron chi connectivity index (χ2n) is 5.71.